The van der Waals surface area contributed by atoms with Crippen molar-refractivity contribution < 1.29 is 19.2 Å². The molecule has 4 N–H and O–H groups in total. The second-order valence-electron chi connectivity index (χ2n) is 9.58. The first-order valence-electron chi connectivity index (χ1n) is 13.6. The fraction of sp³-hybridized carbons (Fsp3) is 0.846. The number of Topliss-reactive ketones (excluding diaryl/α,β-unsaturated/α-hetero) is 1. The lowest BCUT2D eigenvalue weighted by atomic mass is 9.90. The van der Waals surface area contributed by atoms with Crippen molar-refractivity contribution in [2.45, 2.75) is 110 Å². The number of nitrogens with two attached hydrogens (primary N) is 1. The summed E-state index contributed by atoms with van der Waals surface area (Å²) in [5, 5.41) is 2.86. The molecule has 0 aromatic carbocycles. The molecule has 0 aliphatic heterocycles. The van der Waals surface area contributed by atoms with E-state index in [1.807, 2.05) is 18.7 Å². The molecule has 0 aromatic heterocycles. The second kappa shape index (κ2) is 19.7. The summed E-state index contributed by atoms with van der Waals surface area (Å²) in [5.41, 5.74) is 5.45. The molecule has 0 aromatic rings. The molecular formula is C26H48N4O4S. The highest BCUT2D eigenvalue weighted by atomic mass is 32.2. The van der Waals surface area contributed by atoms with E-state index in [0.717, 1.165) is 89.2 Å². The smallest absolute Gasteiger partial charge is 0.223 e. The van der Waals surface area contributed by atoms with Crippen molar-refractivity contribution in [2.24, 2.45) is 11.7 Å². The normalized spacial score (nSPS) is 14.3. The summed E-state index contributed by atoms with van der Waals surface area (Å²) in [6, 6.07) is 0.330. The van der Waals surface area contributed by atoms with Gasteiger partial charge < -0.3 is 16.0 Å². The summed E-state index contributed by atoms with van der Waals surface area (Å²) in [7, 11) is 0. The van der Waals surface area contributed by atoms with Crippen LogP contribution in [0.5, 0.6) is 0 Å². The molecule has 0 spiro atoms. The molecule has 0 radical (unpaired) electrons. The van der Waals surface area contributed by atoms with Gasteiger partial charge >= 0.3 is 0 Å². The highest BCUT2D eigenvalue weighted by molar-refractivity contribution is 8.11. The minimum Gasteiger partial charge on any atom is -0.356 e. The Kier molecular flexibility index (Phi) is 17.8. The first kappa shape index (κ1) is 31.6. The van der Waals surface area contributed by atoms with Crippen molar-refractivity contribution in [1.82, 2.24) is 14.9 Å². The molecule has 0 heterocycles. The summed E-state index contributed by atoms with van der Waals surface area (Å²) in [6.07, 6.45) is 10.9. The Morgan fingerprint density at radius 2 is 1.66 bits per heavy atom. The zero-order valence-electron chi connectivity index (χ0n) is 21.9. The van der Waals surface area contributed by atoms with Gasteiger partial charge in [-0.05, 0) is 76.3 Å². The van der Waals surface area contributed by atoms with Crippen molar-refractivity contribution in [3.63, 3.8) is 0 Å². The van der Waals surface area contributed by atoms with Crippen LogP contribution in [0.2, 0.25) is 0 Å². The van der Waals surface area contributed by atoms with Crippen molar-refractivity contribution in [1.29, 1.82) is 0 Å². The number of amides is 2. The third-order valence-electron chi connectivity index (χ3n) is 6.71. The molecule has 0 saturated heterocycles. The van der Waals surface area contributed by atoms with Crippen LogP contribution in [0.3, 0.4) is 0 Å². The van der Waals surface area contributed by atoms with Crippen molar-refractivity contribution in [2.75, 3.05) is 26.2 Å². The van der Waals surface area contributed by atoms with E-state index in [1.165, 1.54) is 0 Å². The predicted octanol–water partition coefficient (Wildman–Crippen LogP) is 3.72. The van der Waals surface area contributed by atoms with Gasteiger partial charge in [0.05, 0.1) is 0 Å². The average Bonchev–Trinajstić information content (AvgIpc) is 2.82. The molecule has 1 atom stereocenters. The highest BCUT2D eigenvalue weighted by Gasteiger charge is 2.28. The fourth-order valence-electron chi connectivity index (χ4n) is 3.87. The van der Waals surface area contributed by atoms with Gasteiger partial charge in [0.1, 0.15) is 5.78 Å². The first-order valence-corrected chi connectivity index (χ1v) is 14.4. The summed E-state index contributed by atoms with van der Waals surface area (Å²) < 4.78 is 3.04. The van der Waals surface area contributed by atoms with Crippen LogP contribution in [0, 0.1) is 5.92 Å². The molecule has 0 bridgehead atoms. The zero-order chi connectivity index (χ0) is 25.9. The highest BCUT2D eigenvalue weighted by Crippen LogP contribution is 2.26. The van der Waals surface area contributed by atoms with Crippen LogP contribution < -0.4 is 15.8 Å². The quantitative estimate of drug-likeness (QED) is 0.158. The van der Waals surface area contributed by atoms with Gasteiger partial charge in [-0.3, -0.25) is 23.9 Å². The number of hydrogen-bond acceptors (Lipinski definition) is 7. The molecular weight excluding hydrogens is 464 g/mol. The fourth-order valence-corrected chi connectivity index (χ4v) is 4.49. The topological polar surface area (TPSA) is 122 Å². The minimum absolute atomic E-state index is 0.0226. The second-order valence-corrected chi connectivity index (χ2v) is 10.5. The largest absolute Gasteiger partial charge is 0.356 e. The average molecular weight is 513 g/mol. The minimum atomic E-state index is -0.0980. The van der Waals surface area contributed by atoms with E-state index < -0.39 is 0 Å². The van der Waals surface area contributed by atoms with Crippen molar-refractivity contribution in [3.8, 4) is 0 Å². The summed E-state index contributed by atoms with van der Waals surface area (Å²) in [5.74, 6) is 0.215. The van der Waals surface area contributed by atoms with Crippen LogP contribution in [-0.2, 0) is 19.2 Å². The number of hydrogen-bond donors (Lipinski definition) is 3. The molecule has 1 aliphatic rings. The maximum atomic E-state index is 12.7. The number of carbonyl (C=O) groups excluding carboxylic acids is 4. The van der Waals surface area contributed by atoms with Crippen molar-refractivity contribution >= 4 is 34.7 Å². The van der Waals surface area contributed by atoms with Crippen LogP contribution in [0.4, 0.5) is 0 Å². The molecule has 202 valence electrons. The van der Waals surface area contributed by atoms with E-state index in [-0.39, 0.29) is 41.5 Å². The van der Waals surface area contributed by atoms with E-state index in [9.17, 15) is 19.2 Å². The SMILES string of the molecule is CCC(C)C(=O)CCC(=O)N(CCCCCNC(=O)CCC(=O)SNCCCCCN)C1CCC1. The molecule has 35 heavy (non-hydrogen) atoms. The lowest BCUT2D eigenvalue weighted by Gasteiger charge is -2.38. The lowest BCUT2D eigenvalue weighted by molar-refractivity contribution is -0.137. The number of carbonyl (C=O) groups is 4. The van der Waals surface area contributed by atoms with Gasteiger partial charge in [0.25, 0.3) is 0 Å². The Labute approximate surface area is 216 Å². The summed E-state index contributed by atoms with van der Waals surface area (Å²) in [4.78, 5) is 50.6. The van der Waals surface area contributed by atoms with E-state index in [1.54, 1.807) is 0 Å². The van der Waals surface area contributed by atoms with Gasteiger partial charge in [-0.25, -0.2) is 0 Å². The zero-order valence-corrected chi connectivity index (χ0v) is 22.8. The van der Waals surface area contributed by atoms with Crippen LogP contribution in [0.25, 0.3) is 0 Å². The van der Waals surface area contributed by atoms with Crippen LogP contribution in [0.15, 0.2) is 0 Å². The molecule has 1 aliphatic carbocycles. The number of nitrogens with one attached hydrogen (secondary N) is 2. The molecule has 2 amide bonds. The lowest BCUT2D eigenvalue weighted by Crippen LogP contribution is -2.44. The molecule has 1 rings (SSSR count). The number of nitrogens with zero attached hydrogens (tertiary/aromatic N) is 1. The monoisotopic (exact) mass is 512 g/mol. The van der Waals surface area contributed by atoms with Gasteiger partial charge in [-0.15, -0.1) is 0 Å². The maximum absolute atomic E-state index is 12.7. The van der Waals surface area contributed by atoms with Gasteiger partial charge in [0.2, 0.25) is 16.9 Å². The number of ketones is 1. The van der Waals surface area contributed by atoms with Crippen molar-refractivity contribution in [3.05, 3.63) is 0 Å². The molecule has 8 nitrogen and oxygen atoms in total. The van der Waals surface area contributed by atoms with Gasteiger partial charge in [0.15, 0.2) is 0 Å². The number of unbranched alkanes of at least 4 members (excludes halogenated alkanes) is 4. The number of rotatable bonds is 21. The van der Waals surface area contributed by atoms with E-state index in [2.05, 4.69) is 10.0 Å². The standard InChI is InChI=1S/C26H48N4O4S/c1-3-21(2)23(31)13-15-25(33)30(22-11-10-12-22)20-9-5-7-18-28-24(32)14-16-26(34)35-29-19-8-4-6-17-27/h21-22,29H,3-20,27H2,1-2H3,(H,28,32). The van der Waals surface area contributed by atoms with Gasteiger partial charge in [0, 0.05) is 57.3 Å². The van der Waals surface area contributed by atoms with Crippen LogP contribution >= 0.6 is 11.9 Å². The Hall–Kier alpha value is -1.45. The predicted molar refractivity (Wildman–Crippen MR) is 143 cm³/mol. The van der Waals surface area contributed by atoms with Gasteiger partial charge in [-0.2, -0.15) is 0 Å². The van der Waals surface area contributed by atoms with E-state index in [0.29, 0.717) is 32.0 Å². The molecule has 1 saturated carbocycles. The van der Waals surface area contributed by atoms with E-state index >= 15 is 0 Å². The van der Waals surface area contributed by atoms with Crippen LogP contribution in [-0.4, -0.2) is 59.8 Å². The Balaban J connectivity index is 2.12. The Bertz CT molecular complexity index is 643. The molecule has 1 fully saturated rings. The molecule has 9 heteroatoms. The summed E-state index contributed by atoms with van der Waals surface area (Å²) in [6.45, 7) is 6.69. The maximum Gasteiger partial charge on any atom is 0.223 e. The van der Waals surface area contributed by atoms with E-state index in [4.69, 9.17) is 5.73 Å². The molecule has 1 unspecified atom stereocenters. The Morgan fingerprint density at radius 1 is 0.943 bits per heavy atom. The summed E-state index contributed by atoms with van der Waals surface area (Å²) >= 11 is 1.08. The van der Waals surface area contributed by atoms with Crippen LogP contribution in [0.1, 0.15) is 104 Å². The first-order chi connectivity index (χ1) is 16.9. The third kappa shape index (κ3) is 14.6. The van der Waals surface area contributed by atoms with Gasteiger partial charge in [-0.1, -0.05) is 20.3 Å². The Morgan fingerprint density at radius 3 is 2.31 bits per heavy atom. The third-order valence-corrected chi connectivity index (χ3v) is 7.49.